The number of aryl methyl sites for hydroxylation is 1. The Kier molecular flexibility index (Phi) is 7.33. The van der Waals surface area contributed by atoms with E-state index in [9.17, 15) is 13.2 Å². The lowest BCUT2D eigenvalue weighted by atomic mass is 10.0. The molecule has 10 heteroatoms. The van der Waals surface area contributed by atoms with Crippen molar-refractivity contribution >= 4 is 32.9 Å². The average Bonchev–Trinajstić information content (AvgIpc) is 3.61. The van der Waals surface area contributed by atoms with E-state index in [2.05, 4.69) is 16.4 Å². The van der Waals surface area contributed by atoms with Crippen LogP contribution in [0.2, 0.25) is 0 Å². The molecule has 1 aliphatic rings. The third-order valence-electron chi connectivity index (χ3n) is 5.69. The number of carbonyl (C=O) groups is 1. The minimum Gasteiger partial charge on any atom is -0.382 e. The Morgan fingerprint density at radius 1 is 1.11 bits per heavy atom. The number of rotatable bonds is 11. The number of aromatic nitrogens is 2. The summed E-state index contributed by atoms with van der Waals surface area (Å²) in [6, 6.07) is 14.5. The molecule has 1 amide bonds. The zero-order valence-corrected chi connectivity index (χ0v) is 19.9. The standard InChI is InChI=1S/C25H25N5O4S/c26-12-1-3-14-30-15-11-21-22(17-23(28-24(21)30)29-25(31)19-5-6-19)18-7-9-20(10-8-18)34-35(32,33)16-4-2-13-27/h7-11,15,17,19H,1-6,14,16H2,(H,28,29,31). The van der Waals surface area contributed by atoms with Crippen molar-refractivity contribution in [3.8, 4) is 29.0 Å². The molecule has 0 spiro atoms. The van der Waals surface area contributed by atoms with Crippen LogP contribution in [0.3, 0.4) is 0 Å². The number of unbranched alkanes of at least 4 members (excludes halogenated alkanes) is 2. The summed E-state index contributed by atoms with van der Waals surface area (Å²) in [7, 11) is -3.78. The van der Waals surface area contributed by atoms with E-state index in [1.807, 2.05) is 29.0 Å². The smallest absolute Gasteiger partial charge is 0.309 e. The summed E-state index contributed by atoms with van der Waals surface area (Å²) < 4.78 is 31.4. The number of hydrogen-bond donors (Lipinski definition) is 1. The second-order valence-electron chi connectivity index (χ2n) is 8.46. The molecule has 1 saturated carbocycles. The van der Waals surface area contributed by atoms with Gasteiger partial charge in [-0.15, -0.1) is 0 Å². The van der Waals surface area contributed by atoms with Gasteiger partial charge in [-0.2, -0.15) is 18.9 Å². The molecule has 9 nitrogen and oxygen atoms in total. The Bertz CT molecular complexity index is 1410. The predicted molar refractivity (Wildman–Crippen MR) is 131 cm³/mol. The first-order chi connectivity index (χ1) is 16.9. The van der Waals surface area contributed by atoms with Gasteiger partial charge >= 0.3 is 10.1 Å². The van der Waals surface area contributed by atoms with Crippen LogP contribution in [0.25, 0.3) is 22.2 Å². The van der Waals surface area contributed by atoms with Gasteiger partial charge in [0.2, 0.25) is 5.91 Å². The SMILES string of the molecule is N#CCCCn1ccc2c(-c3ccc(OS(=O)(=O)CCCC#N)cc3)cc(NC(=O)C3CC3)nc21. The van der Waals surface area contributed by atoms with Gasteiger partial charge in [0.05, 0.1) is 17.9 Å². The largest absolute Gasteiger partial charge is 0.382 e. The third kappa shape index (κ3) is 6.17. The maximum atomic E-state index is 12.4. The van der Waals surface area contributed by atoms with Gasteiger partial charge in [0.1, 0.15) is 17.2 Å². The molecule has 1 aliphatic carbocycles. The maximum absolute atomic E-state index is 12.4. The normalized spacial score (nSPS) is 13.2. The van der Waals surface area contributed by atoms with Gasteiger partial charge in [-0.1, -0.05) is 12.1 Å². The number of amides is 1. The van der Waals surface area contributed by atoms with Crippen LogP contribution in [0.15, 0.2) is 42.6 Å². The first kappa shape index (κ1) is 24.2. The van der Waals surface area contributed by atoms with Crippen molar-refractivity contribution in [2.75, 3.05) is 11.1 Å². The lowest BCUT2D eigenvalue weighted by Gasteiger charge is -2.12. The highest BCUT2D eigenvalue weighted by molar-refractivity contribution is 7.87. The molecule has 1 fully saturated rings. The van der Waals surface area contributed by atoms with Crippen LogP contribution in [0.1, 0.15) is 38.5 Å². The Hall–Kier alpha value is -3.89. The summed E-state index contributed by atoms with van der Waals surface area (Å²) in [6.07, 6.45) is 5.16. The molecule has 35 heavy (non-hydrogen) atoms. The Balaban J connectivity index is 1.63. The highest BCUT2D eigenvalue weighted by Crippen LogP contribution is 2.34. The molecule has 0 unspecified atom stereocenters. The van der Waals surface area contributed by atoms with E-state index in [1.165, 1.54) is 0 Å². The van der Waals surface area contributed by atoms with E-state index in [4.69, 9.17) is 14.7 Å². The lowest BCUT2D eigenvalue weighted by molar-refractivity contribution is -0.117. The Morgan fingerprint density at radius 2 is 1.83 bits per heavy atom. The number of carbonyl (C=O) groups excluding carboxylic acids is 1. The Labute approximate surface area is 204 Å². The molecular formula is C25H25N5O4S. The van der Waals surface area contributed by atoms with Gasteiger partial charge in [0, 0.05) is 36.9 Å². The highest BCUT2D eigenvalue weighted by Gasteiger charge is 2.30. The molecule has 2 aromatic heterocycles. The van der Waals surface area contributed by atoms with Crippen molar-refractivity contribution in [1.29, 1.82) is 10.5 Å². The topological polar surface area (TPSA) is 138 Å². The van der Waals surface area contributed by atoms with Crippen molar-refractivity contribution in [3.05, 3.63) is 42.6 Å². The van der Waals surface area contributed by atoms with Gasteiger partial charge in [-0.05, 0) is 61.1 Å². The first-order valence-corrected chi connectivity index (χ1v) is 13.0. The Morgan fingerprint density at radius 3 is 2.51 bits per heavy atom. The second-order valence-corrected chi connectivity index (χ2v) is 10.1. The summed E-state index contributed by atoms with van der Waals surface area (Å²) in [5, 5.41) is 21.3. The minimum atomic E-state index is -3.78. The highest BCUT2D eigenvalue weighted by atomic mass is 32.2. The molecule has 1 N–H and O–H groups in total. The summed E-state index contributed by atoms with van der Waals surface area (Å²) in [6.45, 7) is 0.625. The summed E-state index contributed by atoms with van der Waals surface area (Å²) in [5.74, 6) is 0.398. The molecule has 3 aromatic rings. The van der Waals surface area contributed by atoms with E-state index in [0.717, 1.165) is 29.4 Å². The number of nitriles is 2. The molecule has 0 aliphatic heterocycles. The number of anilines is 1. The van der Waals surface area contributed by atoms with E-state index < -0.39 is 10.1 Å². The fraction of sp³-hybridized carbons (Fsp3) is 0.360. The van der Waals surface area contributed by atoms with Crippen LogP contribution in [0.4, 0.5) is 5.82 Å². The van der Waals surface area contributed by atoms with Crippen molar-refractivity contribution in [3.63, 3.8) is 0 Å². The quantitative estimate of drug-likeness (QED) is 0.310. The van der Waals surface area contributed by atoms with Gasteiger partial charge in [-0.3, -0.25) is 4.79 Å². The summed E-state index contributed by atoms with van der Waals surface area (Å²) >= 11 is 0. The second kappa shape index (κ2) is 10.6. The zero-order valence-electron chi connectivity index (χ0n) is 19.1. The molecule has 180 valence electrons. The van der Waals surface area contributed by atoms with Crippen molar-refractivity contribution < 1.29 is 17.4 Å². The van der Waals surface area contributed by atoms with Crippen molar-refractivity contribution in [2.45, 2.75) is 45.1 Å². The molecular weight excluding hydrogens is 466 g/mol. The number of benzene rings is 1. The van der Waals surface area contributed by atoms with Crippen molar-refractivity contribution in [1.82, 2.24) is 9.55 Å². The van der Waals surface area contributed by atoms with E-state index >= 15 is 0 Å². The molecule has 4 rings (SSSR count). The van der Waals surface area contributed by atoms with Gasteiger partial charge in [0.15, 0.2) is 0 Å². The number of fused-ring (bicyclic) bond motifs is 1. The van der Waals surface area contributed by atoms with Crippen molar-refractivity contribution in [2.24, 2.45) is 5.92 Å². The van der Waals surface area contributed by atoms with Crippen LogP contribution < -0.4 is 9.50 Å². The number of nitrogens with one attached hydrogen (secondary N) is 1. The molecule has 2 heterocycles. The lowest BCUT2D eigenvalue weighted by Crippen LogP contribution is -2.14. The molecule has 0 atom stereocenters. The number of nitrogens with zero attached hydrogens (tertiary/aromatic N) is 4. The first-order valence-electron chi connectivity index (χ1n) is 11.5. The molecule has 0 bridgehead atoms. The number of hydrogen-bond acceptors (Lipinski definition) is 7. The minimum absolute atomic E-state index is 0.0323. The van der Waals surface area contributed by atoms with Crippen LogP contribution in [0, 0.1) is 28.6 Å². The van der Waals surface area contributed by atoms with Crippen LogP contribution in [0.5, 0.6) is 5.75 Å². The van der Waals surface area contributed by atoms with E-state index in [-0.39, 0.29) is 36.2 Å². The van der Waals surface area contributed by atoms with Crippen LogP contribution >= 0.6 is 0 Å². The zero-order chi connectivity index (χ0) is 24.8. The molecule has 1 aromatic carbocycles. The van der Waals surface area contributed by atoms with Gasteiger partial charge in [0.25, 0.3) is 0 Å². The fourth-order valence-electron chi connectivity index (χ4n) is 3.75. The summed E-state index contributed by atoms with van der Waals surface area (Å²) in [4.78, 5) is 17.1. The molecule has 0 saturated heterocycles. The fourth-order valence-corrected chi connectivity index (χ4v) is 4.74. The van der Waals surface area contributed by atoms with E-state index in [1.54, 1.807) is 24.3 Å². The van der Waals surface area contributed by atoms with Gasteiger partial charge < -0.3 is 14.1 Å². The number of pyridine rings is 1. The van der Waals surface area contributed by atoms with Crippen LogP contribution in [-0.2, 0) is 21.5 Å². The maximum Gasteiger partial charge on any atom is 0.309 e. The third-order valence-corrected chi connectivity index (χ3v) is 6.93. The van der Waals surface area contributed by atoms with Gasteiger partial charge in [-0.25, -0.2) is 4.98 Å². The average molecular weight is 492 g/mol. The predicted octanol–water partition coefficient (Wildman–Crippen LogP) is 4.37. The monoisotopic (exact) mass is 491 g/mol. The summed E-state index contributed by atoms with van der Waals surface area (Å²) in [5.41, 5.74) is 2.35. The van der Waals surface area contributed by atoms with Crippen LogP contribution in [-0.4, -0.2) is 29.6 Å². The molecule has 0 radical (unpaired) electrons. The van der Waals surface area contributed by atoms with E-state index in [0.29, 0.717) is 30.9 Å².